The smallest absolute Gasteiger partial charge is 0.371 e. The highest BCUT2D eigenvalue weighted by Gasteiger charge is 2.08. The maximum absolute atomic E-state index is 11.2. The largest absolute Gasteiger partial charge is 0.502 e. The molecule has 0 atom stereocenters. The molecule has 5 nitrogen and oxygen atoms in total. The van der Waals surface area contributed by atoms with Crippen molar-refractivity contribution >= 4 is 35.1 Å². The molecular weight excluding hydrogens is 281 g/mol. The number of aliphatic carboxylic acids is 1. The van der Waals surface area contributed by atoms with Gasteiger partial charge >= 0.3 is 5.97 Å². The van der Waals surface area contributed by atoms with Crippen LogP contribution in [0.15, 0.2) is 30.0 Å². The second kappa shape index (κ2) is 6.28. The van der Waals surface area contributed by atoms with Crippen molar-refractivity contribution in [3.8, 4) is 0 Å². The zero-order valence-electron chi connectivity index (χ0n) is 8.98. The summed E-state index contributed by atoms with van der Waals surface area (Å²) in [6.45, 7) is 0.0711. The molecule has 0 saturated heterocycles. The number of halogens is 2. The predicted octanol–water partition coefficient (Wildman–Crippen LogP) is 2.14. The van der Waals surface area contributed by atoms with E-state index in [2.05, 4.69) is 5.32 Å². The van der Waals surface area contributed by atoms with E-state index in [1.165, 1.54) is 0 Å². The van der Waals surface area contributed by atoms with E-state index in [1.807, 2.05) is 0 Å². The number of aliphatic hydroxyl groups excluding tert-OH is 1. The van der Waals surface area contributed by atoms with E-state index >= 15 is 0 Å². The summed E-state index contributed by atoms with van der Waals surface area (Å²) in [5.41, 5.74) is 0.584. The van der Waals surface area contributed by atoms with Gasteiger partial charge in [0.15, 0.2) is 0 Å². The molecule has 3 N–H and O–H groups in total. The second-order valence-corrected chi connectivity index (χ2v) is 4.05. The van der Waals surface area contributed by atoms with Gasteiger partial charge in [-0.2, -0.15) is 0 Å². The molecule has 0 aliphatic heterocycles. The third-order valence-corrected chi connectivity index (χ3v) is 2.83. The first kappa shape index (κ1) is 14.3. The summed E-state index contributed by atoms with van der Waals surface area (Å²) in [5, 5.41) is 20.2. The average Bonchev–Trinajstić information content (AvgIpc) is 2.31. The van der Waals surface area contributed by atoms with Crippen LogP contribution < -0.4 is 5.32 Å². The molecule has 0 bridgehead atoms. The summed E-state index contributed by atoms with van der Waals surface area (Å²) >= 11 is 11.7. The van der Waals surface area contributed by atoms with E-state index in [0.717, 1.165) is 0 Å². The number of nitrogens with one attached hydrogen (secondary N) is 1. The molecule has 1 rings (SSSR count). The monoisotopic (exact) mass is 289 g/mol. The summed E-state index contributed by atoms with van der Waals surface area (Å²) in [7, 11) is 0. The number of aliphatic hydroxyl groups is 1. The zero-order valence-corrected chi connectivity index (χ0v) is 10.5. The van der Waals surface area contributed by atoms with E-state index in [9.17, 15) is 9.59 Å². The molecule has 0 aliphatic rings. The Balaban J connectivity index is 2.66. The van der Waals surface area contributed by atoms with Crippen LogP contribution in [0, 0.1) is 0 Å². The number of hydrogen-bond acceptors (Lipinski definition) is 3. The molecule has 96 valence electrons. The van der Waals surface area contributed by atoms with Crippen molar-refractivity contribution in [2.24, 2.45) is 0 Å². The number of carboxylic acids is 1. The van der Waals surface area contributed by atoms with Crippen LogP contribution in [-0.4, -0.2) is 22.1 Å². The van der Waals surface area contributed by atoms with Crippen LogP contribution in [0.4, 0.5) is 0 Å². The number of carboxylic acid groups (broad SMARTS) is 1. The van der Waals surface area contributed by atoms with Gasteiger partial charge in [-0.25, -0.2) is 4.79 Å². The Bertz CT molecular complexity index is 514. The molecule has 0 spiro atoms. The minimum atomic E-state index is -1.58. The van der Waals surface area contributed by atoms with Crippen LogP contribution in [0.25, 0.3) is 0 Å². The quantitative estimate of drug-likeness (QED) is 0.585. The number of rotatable bonds is 4. The topological polar surface area (TPSA) is 86.6 Å². The Hall–Kier alpha value is -1.72. The van der Waals surface area contributed by atoms with Gasteiger partial charge in [-0.15, -0.1) is 0 Å². The number of carbonyl (C=O) groups is 2. The highest BCUT2D eigenvalue weighted by atomic mass is 35.5. The molecule has 0 radical (unpaired) electrons. The van der Waals surface area contributed by atoms with Crippen LogP contribution in [0.5, 0.6) is 0 Å². The van der Waals surface area contributed by atoms with Crippen molar-refractivity contribution in [3.05, 3.63) is 45.6 Å². The Labute approximate surface area is 113 Å². The van der Waals surface area contributed by atoms with Gasteiger partial charge in [0.1, 0.15) is 0 Å². The van der Waals surface area contributed by atoms with E-state index in [4.69, 9.17) is 33.4 Å². The first-order valence-corrected chi connectivity index (χ1v) is 5.52. The van der Waals surface area contributed by atoms with Crippen molar-refractivity contribution in [2.75, 3.05) is 0 Å². The first-order valence-electron chi connectivity index (χ1n) is 4.76. The van der Waals surface area contributed by atoms with Gasteiger partial charge in [0, 0.05) is 6.54 Å². The summed E-state index contributed by atoms with van der Waals surface area (Å²) < 4.78 is 0. The average molecular weight is 290 g/mol. The molecule has 0 heterocycles. The molecule has 1 amide bonds. The van der Waals surface area contributed by atoms with Gasteiger partial charge in [0.25, 0.3) is 0 Å². The van der Waals surface area contributed by atoms with Gasteiger partial charge in [-0.3, -0.25) is 4.79 Å². The molecule has 0 aromatic heterocycles. The lowest BCUT2D eigenvalue weighted by Crippen LogP contribution is -2.22. The number of amides is 1. The molecule has 0 fully saturated rings. The lowest BCUT2D eigenvalue weighted by molar-refractivity contribution is -0.136. The predicted molar refractivity (Wildman–Crippen MR) is 66.7 cm³/mol. The summed E-state index contributed by atoms with van der Waals surface area (Å²) in [6, 6.07) is 4.93. The van der Waals surface area contributed by atoms with Crippen LogP contribution in [0.3, 0.4) is 0 Å². The molecule has 0 saturated carbocycles. The van der Waals surface area contributed by atoms with Crippen LogP contribution in [-0.2, 0) is 16.1 Å². The molecule has 0 unspecified atom stereocenters. The van der Waals surface area contributed by atoms with Crippen molar-refractivity contribution in [1.29, 1.82) is 0 Å². The summed E-state index contributed by atoms with van der Waals surface area (Å²) in [5.74, 6) is -3.36. The minimum Gasteiger partial charge on any atom is -0.502 e. The molecule has 1 aromatic carbocycles. The number of carbonyl (C=O) groups excluding carboxylic acids is 1. The Morgan fingerprint density at radius 1 is 1.28 bits per heavy atom. The first-order chi connectivity index (χ1) is 8.41. The fourth-order valence-electron chi connectivity index (χ4n) is 1.10. The Morgan fingerprint density at radius 3 is 2.56 bits per heavy atom. The third kappa shape index (κ3) is 3.94. The van der Waals surface area contributed by atoms with Crippen LogP contribution >= 0.6 is 23.2 Å². The van der Waals surface area contributed by atoms with E-state index in [0.29, 0.717) is 21.7 Å². The van der Waals surface area contributed by atoms with Crippen molar-refractivity contribution < 1.29 is 19.8 Å². The minimum absolute atomic E-state index is 0.0711. The van der Waals surface area contributed by atoms with Gasteiger partial charge in [0.2, 0.25) is 11.7 Å². The van der Waals surface area contributed by atoms with Gasteiger partial charge in [-0.1, -0.05) is 35.3 Å². The van der Waals surface area contributed by atoms with Gasteiger partial charge in [0.05, 0.1) is 16.1 Å². The SMILES string of the molecule is O=C(/C=C(\O)C(=O)O)NCc1cccc(Cl)c1Cl. The zero-order chi connectivity index (χ0) is 13.7. The summed E-state index contributed by atoms with van der Waals surface area (Å²) in [6.07, 6.45) is 0.570. The number of benzene rings is 1. The Morgan fingerprint density at radius 2 is 1.94 bits per heavy atom. The van der Waals surface area contributed by atoms with E-state index in [-0.39, 0.29) is 6.54 Å². The van der Waals surface area contributed by atoms with Crippen molar-refractivity contribution in [2.45, 2.75) is 6.54 Å². The van der Waals surface area contributed by atoms with Gasteiger partial charge in [-0.05, 0) is 11.6 Å². The Kier molecular flexibility index (Phi) is 5.00. The maximum atomic E-state index is 11.2. The van der Waals surface area contributed by atoms with E-state index < -0.39 is 17.6 Å². The second-order valence-electron chi connectivity index (χ2n) is 3.27. The normalized spacial score (nSPS) is 11.1. The summed E-state index contributed by atoms with van der Waals surface area (Å²) in [4.78, 5) is 21.5. The standard InChI is InChI=1S/C11H9Cl2NO4/c12-7-3-1-2-6(10(7)13)5-14-9(16)4-8(15)11(17)18/h1-4,15H,5H2,(H,14,16)(H,17,18)/b8-4-. The van der Waals surface area contributed by atoms with Crippen molar-refractivity contribution in [1.82, 2.24) is 5.32 Å². The van der Waals surface area contributed by atoms with Crippen LogP contribution in [0.1, 0.15) is 5.56 Å². The lowest BCUT2D eigenvalue weighted by atomic mass is 10.2. The fraction of sp³-hybridized carbons (Fsp3) is 0.0909. The highest BCUT2D eigenvalue weighted by molar-refractivity contribution is 6.42. The molecule has 1 aromatic rings. The molecule has 18 heavy (non-hydrogen) atoms. The van der Waals surface area contributed by atoms with E-state index in [1.54, 1.807) is 18.2 Å². The maximum Gasteiger partial charge on any atom is 0.371 e. The lowest BCUT2D eigenvalue weighted by Gasteiger charge is -2.06. The fourth-order valence-corrected chi connectivity index (χ4v) is 1.49. The highest BCUT2D eigenvalue weighted by Crippen LogP contribution is 2.25. The number of hydrogen-bond donors (Lipinski definition) is 3. The molecule has 0 aliphatic carbocycles. The molecular formula is C11H9Cl2NO4. The van der Waals surface area contributed by atoms with Gasteiger partial charge < -0.3 is 15.5 Å². The third-order valence-electron chi connectivity index (χ3n) is 1.97. The van der Waals surface area contributed by atoms with Crippen LogP contribution in [0.2, 0.25) is 10.0 Å². The molecule has 7 heteroatoms. The van der Waals surface area contributed by atoms with Crippen molar-refractivity contribution in [3.63, 3.8) is 0 Å².